The Balaban J connectivity index is 4.18. The van der Waals surface area contributed by atoms with E-state index < -0.39 is 35.0 Å². The van der Waals surface area contributed by atoms with E-state index in [4.69, 9.17) is 20.0 Å². The highest BCUT2D eigenvalue weighted by molar-refractivity contribution is 5.72. The fourth-order valence-electron chi connectivity index (χ4n) is 1.37. The first-order valence-electron chi connectivity index (χ1n) is 7.67. The van der Waals surface area contributed by atoms with Crippen LogP contribution in [0.3, 0.4) is 0 Å². The number of ether oxygens (including phenoxy) is 2. The zero-order valence-electron chi connectivity index (χ0n) is 14.8. The maximum atomic E-state index is 11.7. The molecular formula is C17H26N2O4. The van der Waals surface area contributed by atoms with E-state index in [9.17, 15) is 9.59 Å². The van der Waals surface area contributed by atoms with Gasteiger partial charge in [-0.1, -0.05) is 0 Å². The van der Waals surface area contributed by atoms with Gasteiger partial charge in [0, 0.05) is 12.8 Å². The van der Waals surface area contributed by atoms with Gasteiger partial charge < -0.3 is 9.47 Å². The molecule has 23 heavy (non-hydrogen) atoms. The summed E-state index contributed by atoms with van der Waals surface area (Å²) in [6.45, 7) is 10.1. The number of carbonyl (C=O) groups excluding carboxylic acids is 2. The molecule has 0 aliphatic heterocycles. The van der Waals surface area contributed by atoms with Crippen molar-refractivity contribution in [2.45, 2.75) is 73.0 Å². The number of hydrogen-bond acceptors (Lipinski definition) is 6. The van der Waals surface area contributed by atoms with Crippen LogP contribution in [0.2, 0.25) is 0 Å². The van der Waals surface area contributed by atoms with Crippen LogP contribution in [0.4, 0.5) is 0 Å². The smallest absolute Gasteiger partial charge is 0.306 e. The Morgan fingerprint density at radius 1 is 0.870 bits per heavy atom. The zero-order valence-corrected chi connectivity index (χ0v) is 14.8. The fraction of sp³-hybridized carbons (Fsp3) is 0.765. The molecule has 0 saturated heterocycles. The minimum Gasteiger partial charge on any atom is -0.461 e. The molecule has 2 atom stereocenters. The SMILES string of the molecule is CC(OC(=O)CCCC(=O)OC(C)C(C)(C)C#N)C(C)(C)C#N. The monoisotopic (exact) mass is 322 g/mol. The first-order chi connectivity index (χ1) is 10.5. The van der Waals surface area contributed by atoms with Gasteiger partial charge in [0.05, 0.1) is 23.0 Å². The van der Waals surface area contributed by atoms with Gasteiger partial charge in [0.15, 0.2) is 0 Å². The Morgan fingerprint density at radius 3 is 1.43 bits per heavy atom. The van der Waals surface area contributed by atoms with Crippen LogP contribution in [0, 0.1) is 33.5 Å². The second kappa shape index (κ2) is 8.53. The highest BCUT2D eigenvalue weighted by atomic mass is 16.5. The number of nitrogens with zero attached hydrogens (tertiary/aromatic N) is 2. The molecule has 128 valence electrons. The minimum atomic E-state index is -0.757. The Bertz CT molecular complexity index is 466. The second-order valence-corrected chi connectivity index (χ2v) is 6.78. The fourth-order valence-corrected chi connectivity index (χ4v) is 1.37. The Hall–Kier alpha value is -2.08. The van der Waals surface area contributed by atoms with Crippen LogP contribution in [-0.2, 0) is 19.1 Å². The molecule has 0 aromatic heterocycles. The van der Waals surface area contributed by atoms with Crippen molar-refractivity contribution in [2.24, 2.45) is 10.8 Å². The summed E-state index contributed by atoms with van der Waals surface area (Å²) in [7, 11) is 0. The number of nitriles is 2. The molecular weight excluding hydrogens is 296 g/mol. The lowest BCUT2D eigenvalue weighted by Gasteiger charge is -2.24. The van der Waals surface area contributed by atoms with Gasteiger partial charge in [0.1, 0.15) is 12.2 Å². The summed E-state index contributed by atoms with van der Waals surface area (Å²) in [5.74, 6) is -0.891. The highest BCUT2D eigenvalue weighted by Crippen LogP contribution is 2.23. The average Bonchev–Trinajstić information content (AvgIpc) is 2.46. The summed E-state index contributed by atoms with van der Waals surface area (Å²) in [6, 6.07) is 4.17. The third-order valence-electron chi connectivity index (χ3n) is 3.99. The van der Waals surface area contributed by atoms with Crippen molar-refractivity contribution in [1.29, 1.82) is 10.5 Å². The van der Waals surface area contributed by atoms with Gasteiger partial charge in [-0.05, 0) is 48.0 Å². The maximum Gasteiger partial charge on any atom is 0.306 e. The van der Waals surface area contributed by atoms with Crippen molar-refractivity contribution in [3.05, 3.63) is 0 Å². The maximum absolute atomic E-state index is 11.7. The van der Waals surface area contributed by atoms with Crippen molar-refractivity contribution in [1.82, 2.24) is 0 Å². The zero-order chi connectivity index (χ0) is 18.3. The molecule has 0 spiro atoms. The molecule has 0 rings (SSSR count). The molecule has 2 unspecified atom stereocenters. The third-order valence-corrected chi connectivity index (χ3v) is 3.99. The predicted molar refractivity (Wildman–Crippen MR) is 83.7 cm³/mol. The van der Waals surface area contributed by atoms with E-state index in [1.165, 1.54) is 0 Å². The molecule has 0 saturated carbocycles. The lowest BCUT2D eigenvalue weighted by molar-refractivity contribution is -0.154. The van der Waals surface area contributed by atoms with E-state index in [-0.39, 0.29) is 12.8 Å². The minimum absolute atomic E-state index is 0.0803. The van der Waals surface area contributed by atoms with Crippen molar-refractivity contribution in [2.75, 3.05) is 0 Å². The van der Waals surface area contributed by atoms with E-state index in [2.05, 4.69) is 12.1 Å². The highest BCUT2D eigenvalue weighted by Gasteiger charge is 2.30. The summed E-state index contributed by atoms with van der Waals surface area (Å²) in [4.78, 5) is 23.4. The molecule has 0 aromatic carbocycles. The van der Waals surface area contributed by atoms with Crippen molar-refractivity contribution in [3.8, 4) is 12.1 Å². The molecule has 6 heteroatoms. The van der Waals surface area contributed by atoms with Gasteiger partial charge in [-0.15, -0.1) is 0 Å². The van der Waals surface area contributed by atoms with Gasteiger partial charge in [-0.2, -0.15) is 10.5 Å². The van der Waals surface area contributed by atoms with Gasteiger partial charge in [0.25, 0.3) is 0 Å². The van der Waals surface area contributed by atoms with Crippen LogP contribution >= 0.6 is 0 Å². The predicted octanol–water partition coefficient (Wildman–Crippen LogP) is 3.12. The Morgan fingerprint density at radius 2 is 1.17 bits per heavy atom. The van der Waals surface area contributed by atoms with Crippen LogP contribution in [-0.4, -0.2) is 24.1 Å². The van der Waals surface area contributed by atoms with Crippen molar-refractivity contribution < 1.29 is 19.1 Å². The molecule has 0 bridgehead atoms. The molecule has 0 heterocycles. The van der Waals surface area contributed by atoms with Crippen LogP contribution in [0.5, 0.6) is 0 Å². The van der Waals surface area contributed by atoms with E-state index in [0.717, 1.165) is 0 Å². The normalized spacial score (nSPS) is 14.1. The summed E-state index contributed by atoms with van der Waals surface area (Å²) >= 11 is 0. The van der Waals surface area contributed by atoms with Gasteiger partial charge in [-0.25, -0.2) is 0 Å². The van der Waals surface area contributed by atoms with Crippen molar-refractivity contribution >= 4 is 11.9 Å². The molecule has 0 radical (unpaired) electrons. The lowest BCUT2D eigenvalue weighted by Crippen LogP contribution is -2.30. The molecule has 0 amide bonds. The number of esters is 2. The van der Waals surface area contributed by atoms with E-state index in [1.54, 1.807) is 41.5 Å². The molecule has 0 aromatic rings. The lowest BCUT2D eigenvalue weighted by atomic mass is 9.89. The number of carbonyl (C=O) groups is 2. The summed E-state index contributed by atoms with van der Waals surface area (Å²) in [6.07, 6.45) is -0.586. The quantitative estimate of drug-likeness (QED) is 0.636. The summed E-state index contributed by atoms with van der Waals surface area (Å²) < 4.78 is 10.4. The molecule has 0 aliphatic rings. The molecule has 0 fully saturated rings. The Labute approximate surface area is 138 Å². The van der Waals surface area contributed by atoms with E-state index in [0.29, 0.717) is 6.42 Å². The van der Waals surface area contributed by atoms with Gasteiger partial charge in [0.2, 0.25) is 0 Å². The molecule has 0 aliphatic carbocycles. The van der Waals surface area contributed by atoms with Gasteiger partial charge in [-0.3, -0.25) is 9.59 Å². The third kappa shape index (κ3) is 7.15. The van der Waals surface area contributed by atoms with Crippen LogP contribution in [0.15, 0.2) is 0 Å². The number of rotatable bonds is 8. The molecule has 0 N–H and O–H groups in total. The van der Waals surface area contributed by atoms with Gasteiger partial charge >= 0.3 is 11.9 Å². The van der Waals surface area contributed by atoms with E-state index >= 15 is 0 Å². The van der Waals surface area contributed by atoms with Crippen LogP contribution in [0.1, 0.15) is 60.8 Å². The van der Waals surface area contributed by atoms with E-state index in [1.807, 2.05) is 0 Å². The second-order valence-electron chi connectivity index (χ2n) is 6.78. The Kier molecular flexibility index (Phi) is 7.75. The first-order valence-corrected chi connectivity index (χ1v) is 7.67. The average molecular weight is 322 g/mol. The van der Waals surface area contributed by atoms with Crippen LogP contribution in [0.25, 0.3) is 0 Å². The first kappa shape index (κ1) is 20.9. The topological polar surface area (TPSA) is 100 Å². The molecule has 6 nitrogen and oxygen atoms in total. The standard InChI is InChI=1S/C17H26N2O4/c1-12(16(3,4)10-18)22-14(20)8-7-9-15(21)23-13(2)17(5,6)11-19/h12-13H,7-9H2,1-6H3. The van der Waals surface area contributed by atoms with Crippen LogP contribution < -0.4 is 0 Å². The summed E-state index contributed by atoms with van der Waals surface area (Å²) in [5, 5.41) is 17.9. The summed E-state index contributed by atoms with van der Waals surface area (Å²) in [5.41, 5.74) is -1.51. The van der Waals surface area contributed by atoms with Crippen molar-refractivity contribution in [3.63, 3.8) is 0 Å². The number of hydrogen-bond donors (Lipinski definition) is 0. The largest absolute Gasteiger partial charge is 0.461 e.